The van der Waals surface area contributed by atoms with E-state index in [1.807, 2.05) is 0 Å². The van der Waals surface area contributed by atoms with Gasteiger partial charge >= 0.3 is 0 Å². The van der Waals surface area contributed by atoms with Crippen LogP contribution in [0, 0.1) is 30.1 Å². The molecule has 0 aromatic carbocycles. The van der Waals surface area contributed by atoms with Crippen molar-refractivity contribution in [1.29, 1.82) is 0 Å². The summed E-state index contributed by atoms with van der Waals surface area (Å²) in [6, 6.07) is 0.648. The average Bonchev–Trinajstić information content (AvgIpc) is 2.14. The zero-order valence-corrected chi connectivity index (χ0v) is 9.72. The van der Waals surface area contributed by atoms with Crippen LogP contribution in [0.4, 0.5) is 0 Å². The van der Waals surface area contributed by atoms with Gasteiger partial charge in [-0.25, -0.2) is 0 Å². The molecule has 80 valence electrons. The van der Waals surface area contributed by atoms with Gasteiger partial charge in [-0.15, -0.1) is 6.42 Å². The fourth-order valence-electron chi connectivity index (χ4n) is 2.63. The maximum atomic E-state index is 5.29. The van der Waals surface area contributed by atoms with Crippen LogP contribution in [0.3, 0.4) is 0 Å². The van der Waals surface area contributed by atoms with Crippen LogP contribution in [0.25, 0.3) is 0 Å². The van der Waals surface area contributed by atoms with Crippen LogP contribution in [-0.2, 0) is 0 Å². The molecule has 0 spiro atoms. The summed E-state index contributed by atoms with van der Waals surface area (Å²) in [6.07, 6.45) is 9.33. The monoisotopic (exact) mass is 193 g/mol. The summed E-state index contributed by atoms with van der Waals surface area (Å²) in [4.78, 5) is 0. The van der Waals surface area contributed by atoms with Crippen molar-refractivity contribution in [3.63, 3.8) is 0 Å². The third-order valence-electron chi connectivity index (χ3n) is 3.49. The summed E-state index contributed by atoms with van der Waals surface area (Å²) in [7, 11) is 0. The summed E-state index contributed by atoms with van der Waals surface area (Å²) < 4.78 is 0. The molecule has 1 saturated carbocycles. The van der Waals surface area contributed by atoms with Crippen LogP contribution in [-0.4, -0.2) is 12.6 Å². The van der Waals surface area contributed by atoms with Gasteiger partial charge in [0.15, 0.2) is 0 Å². The summed E-state index contributed by atoms with van der Waals surface area (Å²) in [5.41, 5.74) is 0. The van der Waals surface area contributed by atoms with E-state index < -0.39 is 0 Å². The lowest BCUT2D eigenvalue weighted by Gasteiger charge is -2.37. The minimum atomic E-state index is 0.648. The van der Waals surface area contributed by atoms with Gasteiger partial charge in [-0.1, -0.05) is 33.1 Å². The third-order valence-corrected chi connectivity index (χ3v) is 3.49. The Balaban J connectivity index is 2.50. The second kappa shape index (κ2) is 5.41. The summed E-state index contributed by atoms with van der Waals surface area (Å²) in [6.45, 7) is 7.72. The van der Waals surface area contributed by atoms with Crippen LogP contribution in [0.2, 0.25) is 0 Å². The fraction of sp³-hybridized carbons (Fsp3) is 0.846. The SMILES string of the molecule is C#CCNC1CC(C)CCC1C(C)C. The third kappa shape index (κ3) is 3.03. The molecule has 0 heterocycles. The van der Waals surface area contributed by atoms with Gasteiger partial charge in [0.05, 0.1) is 6.54 Å². The van der Waals surface area contributed by atoms with E-state index in [1.54, 1.807) is 0 Å². The van der Waals surface area contributed by atoms with Gasteiger partial charge in [0, 0.05) is 6.04 Å². The van der Waals surface area contributed by atoms with Gasteiger partial charge in [0.1, 0.15) is 0 Å². The molecule has 0 aliphatic heterocycles. The molecule has 0 amide bonds. The summed E-state index contributed by atoms with van der Waals surface area (Å²) in [5.74, 6) is 5.13. The smallest absolute Gasteiger partial charge is 0.0576 e. The molecule has 0 bridgehead atoms. The predicted octanol–water partition coefficient (Wildman–Crippen LogP) is 2.67. The molecule has 14 heavy (non-hydrogen) atoms. The molecule has 1 heteroatoms. The first-order chi connectivity index (χ1) is 6.65. The zero-order chi connectivity index (χ0) is 10.6. The Labute approximate surface area is 88.7 Å². The molecule has 0 radical (unpaired) electrons. The topological polar surface area (TPSA) is 12.0 Å². The van der Waals surface area contributed by atoms with Gasteiger partial charge in [0.25, 0.3) is 0 Å². The second-order valence-electron chi connectivity index (χ2n) is 5.02. The Hall–Kier alpha value is -0.480. The average molecular weight is 193 g/mol. The van der Waals surface area contributed by atoms with Gasteiger partial charge in [-0.2, -0.15) is 0 Å². The molecule has 1 N–H and O–H groups in total. The first-order valence-electron chi connectivity index (χ1n) is 5.82. The molecule has 1 aliphatic rings. The summed E-state index contributed by atoms with van der Waals surface area (Å²) in [5, 5.41) is 3.50. The molecule has 0 aromatic heterocycles. The lowest BCUT2D eigenvalue weighted by atomic mass is 9.74. The van der Waals surface area contributed by atoms with Crippen molar-refractivity contribution in [2.45, 2.75) is 46.1 Å². The van der Waals surface area contributed by atoms with Gasteiger partial charge in [0.2, 0.25) is 0 Å². The highest BCUT2D eigenvalue weighted by Gasteiger charge is 2.29. The molecule has 1 nitrogen and oxygen atoms in total. The van der Waals surface area contributed by atoms with Crippen LogP contribution < -0.4 is 5.32 Å². The van der Waals surface area contributed by atoms with E-state index in [0.717, 1.165) is 24.3 Å². The first kappa shape index (κ1) is 11.6. The molecule has 0 aromatic rings. The van der Waals surface area contributed by atoms with Crippen molar-refractivity contribution in [2.24, 2.45) is 17.8 Å². The first-order valence-corrected chi connectivity index (χ1v) is 5.82. The van der Waals surface area contributed by atoms with E-state index in [1.165, 1.54) is 19.3 Å². The Morgan fingerprint density at radius 2 is 2.14 bits per heavy atom. The standard InChI is InChI=1S/C13H23N/c1-5-8-14-13-9-11(4)6-7-12(13)10(2)3/h1,10-14H,6-9H2,2-4H3. The Morgan fingerprint density at radius 1 is 1.43 bits per heavy atom. The van der Waals surface area contributed by atoms with Crippen LogP contribution in [0.15, 0.2) is 0 Å². The van der Waals surface area contributed by atoms with Crippen LogP contribution in [0.5, 0.6) is 0 Å². The Bertz CT molecular complexity index is 202. The highest BCUT2D eigenvalue weighted by Crippen LogP contribution is 2.33. The number of hydrogen-bond donors (Lipinski definition) is 1. The molecule has 1 aliphatic carbocycles. The molecular formula is C13H23N. The molecule has 3 unspecified atom stereocenters. The maximum Gasteiger partial charge on any atom is 0.0576 e. The highest BCUT2D eigenvalue weighted by atomic mass is 14.9. The second-order valence-corrected chi connectivity index (χ2v) is 5.02. The van der Waals surface area contributed by atoms with Crippen molar-refractivity contribution in [3.05, 3.63) is 0 Å². The quantitative estimate of drug-likeness (QED) is 0.680. The molecule has 1 rings (SSSR count). The van der Waals surface area contributed by atoms with Crippen molar-refractivity contribution in [2.75, 3.05) is 6.54 Å². The summed E-state index contributed by atoms with van der Waals surface area (Å²) >= 11 is 0. The van der Waals surface area contributed by atoms with E-state index >= 15 is 0 Å². The largest absolute Gasteiger partial charge is 0.303 e. The van der Waals surface area contributed by atoms with Crippen LogP contribution >= 0.6 is 0 Å². The lowest BCUT2D eigenvalue weighted by Crippen LogP contribution is -2.42. The number of terminal acetylenes is 1. The number of hydrogen-bond acceptors (Lipinski definition) is 1. The van der Waals surface area contributed by atoms with E-state index in [4.69, 9.17) is 6.42 Å². The van der Waals surface area contributed by atoms with Crippen molar-refractivity contribution in [3.8, 4) is 12.3 Å². The predicted molar refractivity (Wildman–Crippen MR) is 62.0 cm³/mol. The van der Waals surface area contributed by atoms with Crippen molar-refractivity contribution < 1.29 is 0 Å². The van der Waals surface area contributed by atoms with Crippen LogP contribution in [0.1, 0.15) is 40.0 Å². The Morgan fingerprint density at radius 3 is 2.71 bits per heavy atom. The van der Waals surface area contributed by atoms with Crippen molar-refractivity contribution in [1.82, 2.24) is 5.32 Å². The minimum Gasteiger partial charge on any atom is -0.303 e. The lowest BCUT2D eigenvalue weighted by molar-refractivity contribution is 0.174. The van der Waals surface area contributed by atoms with E-state index in [2.05, 4.69) is 32.0 Å². The van der Waals surface area contributed by atoms with E-state index in [0.29, 0.717) is 6.04 Å². The number of rotatable bonds is 3. The normalized spacial score (nSPS) is 32.9. The zero-order valence-electron chi connectivity index (χ0n) is 9.72. The molecule has 1 fully saturated rings. The van der Waals surface area contributed by atoms with E-state index in [-0.39, 0.29) is 0 Å². The van der Waals surface area contributed by atoms with Gasteiger partial charge in [-0.3, -0.25) is 0 Å². The van der Waals surface area contributed by atoms with E-state index in [9.17, 15) is 0 Å². The minimum absolute atomic E-state index is 0.648. The molecule has 3 atom stereocenters. The molecular weight excluding hydrogens is 170 g/mol. The highest BCUT2D eigenvalue weighted by molar-refractivity contribution is 4.92. The fourth-order valence-corrected chi connectivity index (χ4v) is 2.63. The van der Waals surface area contributed by atoms with Gasteiger partial charge < -0.3 is 5.32 Å². The molecule has 0 saturated heterocycles. The maximum absolute atomic E-state index is 5.29. The Kier molecular flexibility index (Phi) is 4.48. The van der Waals surface area contributed by atoms with Gasteiger partial charge in [-0.05, 0) is 30.6 Å². The number of nitrogens with one attached hydrogen (secondary N) is 1. The van der Waals surface area contributed by atoms with Crippen molar-refractivity contribution >= 4 is 0 Å².